The Hall–Kier alpha value is -4.13. The molecule has 4 rings (SSSR count). The van der Waals surface area contributed by atoms with Crippen LogP contribution in [-0.2, 0) is 0 Å². The van der Waals surface area contributed by atoms with E-state index in [2.05, 4.69) is 10.3 Å². The summed E-state index contributed by atoms with van der Waals surface area (Å²) >= 11 is 0. The minimum Gasteiger partial charge on any atom is -0.322 e. The Balaban J connectivity index is 1.61. The lowest BCUT2D eigenvalue weighted by atomic mass is 10.0. The number of rotatable bonds is 4. The van der Waals surface area contributed by atoms with Gasteiger partial charge in [-0.05, 0) is 49.4 Å². The minimum absolute atomic E-state index is 0.114. The van der Waals surface area contributed by atoms with Crippen LogP contribution in [0.25, 0.3) is 0 Å². The van der Waals surface area contributed by atoms with Gasteiger partial charge in [-0.3, -0.25) is 19.2 Å². The van der Waals surface area contributed by atoms with Gasteiger partial charge in [0.05, 0.1) is 11.1 Å². The molecule has 0 aliphatic carbocycles. The van der Waals surface area contributed by atoms with Crippen LogP contribution in [0.1, 0.15) is 48.4 Å². The molecule has 3 amide bonds. The van der Waals surface area contributed by atoms with Gasteiger partial charge in [0.15, 0.2) is 5.78 Å². The van der Waals surface area contributed by atoms with Crippen molar-refractivity contribution in [1.29, 1.82) is 0 Å². The Labute approximate surface area is 166 Å². The number of imide groups is 1. The van der Waals surface area contributed by atoms with E-state index in [0.29, 0.717) is 11.3 Å². The van der Waals surface area contributed by atoms with Crippen LogP contribution in [0.4, 0.5) is 11.5 Å². The summed E-state index contributed by atoms with van der Waals surface area (Å²) in [5.74, 6) is -1.35. The molecule has 29 heavy (non-hydrogen) atoms. The van der Waals surface area contributed by atoms with Crippen LogP contribution >= 0.6 is 0 Å². The highest BCUT2D eigenvalue weighted by Crippen LogP contribution is 2.28. The van der Waals surface area contributed by atoms with Crippen molar-refractivity contribution in [3.63, 3.8) is 0 Å². The summed E-state index contributed by atoms with van der Waals surface area (Å²) in [6, 6.07) is 15.8. The molecule has 0 spiro atoms. The number of hydrogen-bond acceptors (Lipinski definition) is 5. The third kappa shape index (κ3) is 3.29. The molecule has 0 fully saturated rings. The highest BCUT2D eigenvalue weighted by molar-refractivity contribution is 6.34. The molecule has 0 saturated heterocycles. The Kier molecular flexibility index (Phi) is 4.48. The molecule has 2 aromatic carbocycles. The van der Waals surface area contributed by atoms with E-state index in [1.165, 1.54) is 31.3 Å². The van der Waals surface area contributed by atoms with Gasteiger partial charge in [-0.2, -0.15) is 0 Å². The maximum Gasteiger partial charge on any atom is 0.267 e. The van der Waals surface area contributed by atoms with Crippen molar-refractivity contribution in [2.75, 3.05) is 10.2 Å². The average molecular weight is 385 g/mol. The van der Waals surface area contributed by atoms with Gasteiger partial charge in [0.1, 0.15) is 5.82 Å². The molecule has 7 nitrogen and oxygen atoms in total. The topological polar surface area (TPSA) is 96.4 Å². The second-order valence-corrected chi connectivity index (χ2v) is 6.49. The van der Waals surface area contributed by atoms with Crippen molar-refractivity contribution in [1.82, 2.24) is 4.98 Å². The number of carbonyl (C=O) groups excluding carboxylic acids is 4. The number of benzene rings is 2. The SMILES string of the molecule is CC(=O)c1cccc(NC(=O)c2ccc3c(c2)C(=O)N(c2ccccn2)C3=O)c1. The van der Waals surface area contributed by atoms with Gasteiger partial charge < -0.3 is 5.32 Å². The molecular weight excluding hydrogens is 370 g/mol. The highest BCUT2D eigenvalue weighted by atomic mass is 16.2. The molecule has 1 aromatic heterocycles. The normalized spacial score (nSPS) is 12.7. The molecule has 7 heteroatoms. The van der Waals surface area contributed by atoms with E-state index in [4.69, 9.17) is 0 Å². The van der Waals surface area contributed by atoms with Gasteiger partial charge in [-0.1, -0.05) is 18.2 Å². The molecule has 0 saturated carbocycles. The molecule has 0 unspecified atom stereocenters. The monoisotopic (exact) mass is 385 g/mol. The number of amides is 3. The van der Waals surface area contributed by atoms with Crippen molar-refractivity contribution in [3.05, 3.63) is 89.1 Å². The standard InChI is InChI=1S/C22H15N3O4/c1-13(26)14-5-4-6-16(11-14)24-20(27)15-8-9-17-18(12-15)22(29)25(21(17)28)19-7-2-3-10-23-19/h2-12H,1H3,(H,24,27). The van der Waals surface area contributed by atoms with Crippen molar-refractivity contribution in [2.24, 2.45) is 0 Å². The quantitative estimate of drug-likeness (QED) is 0.549. The fraction of sp³-hybridized carbons (Fsp3) is 0.0455. The summed E-state index contributed by atoms with van der Waals surface area (Å²) in [6.45, 7) is 1.44. The molecule has 0 radical (unpaired) electrons. The smallest absolute Gasteiger partial charge is 0.267 e. The number of nitrogens with zero attached hydrogens (tertiary/aromatic N) is 2. The predicted octanol–water partition coefficient (Wildman–Crippen LogP) is 3.34. The van der Waals surface area contributed by atoms with Crippen LogP contribution in [0, 0.1) is 0 Å². The van der Waals surface area contributed by atoms with Gasteiger partial charge in [-0.15, -0.1) is 0 Å². The van der Waals surface area contributed by atoms with Crippen molar-refractivity contribution in [3.8, 4) is 0 Å². The first-order chi connectivity index (χ1) is 14.0. The lowest BCUT2D eigenvalue weighted by Gasteiger charge is -2.11. The summed E-state index contributed by atoms with van der Waals surface area (Å²) < 4.78 is 0. The maximum atomic E-state index is 12.8. The Morgan fingerprint density at radius 2 is 1.66 bits per heavy atom. The Morgan fingerprint density at radius 3 is 2.38 bits per heavy atom. The third-order valence-electron chi connectivity index (χ3n) is 4.55. The molecular formula is C22H15N3O4. The second-order valence-electron chi connectivity index (χ2n) is 6.49. The summed E-state index contributed by atoms with van der Waals surface area (Å²) in [6.07, 6.45) is 1.49. The van der Waals surface area contributed by atoms with E-state index < -0.39 is 17.7 Å². The zero-order valence-electron chi connectivity index (χ0n) is 15.4. The number of nitrogens with one attached hydrogen (secondary N) is 1. The Bertz CT molecular complexity index is 1170. The number of anilines is 2. The molecule has 3 aromatic rings. The summed E-state index contributed by atoms with van der Waals surface area (Å²) in [5.41, 5.74) is 1.52. The zero-order valence-corrected chi connectivity index (χ0v) is 15.4. The van der Waals surface area contributed by atoms with Crippen LogP contribution < -0.4 is 10.2 Å². The van der Waals surface area contributed by atoms with Crippen molar-refractivity contribution >= 4 is 35.0 Å². The van der Waals surface area contributed by atoms with Crippen LogP contribution in [0.15, 0.2) is 66.9 Å². The fourth-order valence-electron chi connectivity index (χ4n) is 3.10. The average Bonchev–Trinajstić information content (AvgIpc) is 2.98. The van der Waals surface area contributed by atoms with Gasteiger partial charge in [-0.25, -0.2) is 9.88 Å². The van der Waals surface area contributed by atoms with Crippen LogP contribution in [-0.4, -0.2) is 28.5 Å². The largest absolute Gasteiger partial charge is 0.322 e. The number of pyridine rings is 1. The van der Waals surface area contributed by atoms with E-state index in [1.54, 1.807) is 42.5 Å². The van der Waals surface area contributed by atoms with E-state index in [0.717, 1.165) is 4.90 Å². The number of hydrogen-bond donors (Lipinski definition) is 1. The van der Waals surface area contributed by atoms with Crippen molar-refractivity contribution in [2.45, 2.75) is 6.92 Å². The van der Waals surface area contributed by atoms with Crippen LogP contribution in [0.2, 0.25) is 0 Å². The molecule has 142 valence electrons. The first kappa shape index (κ1) is 18.2. The van der Waals surface area contributed by atoms with Gasteiger partial charge in [0.2, 0.25) is 0 Å². The lowest BCUT2D eigenvalue weighted by molar-refractivity contribution is 0.0923. The van der Waals surface area contributed by atoms with E-state index >= 15 is 0 Å². The number of Topliss-reactive ketones (excluding diaryl/α,β-unsaturated/α-hetero) is 1. The minimum atomic E-state index is -0.531. The van der Waals surface area contributed by atoms with E-state index in [1.807, 2.05) is 0 Å². The summed E-state index contributed by atoms with van der Waals surface area (Å²) in [7, 11) is 0. The zero-order chi connectivity index (χ0) is 20.5. The summed E-state index contributed by atoms with van der Waals surface area (Å²) in [5, 5.41) is 2.70. The van der Waals surface area contributed by atoms with Crippen LogP contribution in [0.5, 0.6) is 0 Å². The molecule has 1 aliphatic heterocycles. The molecule has 0 atom stereocenters. The van der Waals surface area contributed by atoms with Crippen LogP contribution in [0.3, 0.4) is 0 Å². The van der Waals surface area contributed by atoms with Gasteiger partial charge in [0, 0.05) is 23.0 Å². The number of ketones is 1. The predicted molar refractivity (Wildman–Crippen MR) is 106 cm³/mol. The Morgan fingerprint density at radius 1 is 0.862 bits per heavy atom. The van der Waals surface area contributed by atoms with Crippen molar-refractivity contribution < 1.29 is 19.2 Å². The van der Waals surface area contributed by atoms with E-state index in [9.17, 15) is 19.2 Å². The number of aromatic nitrogens is 1. The fourth-order valence-corrected chi connectivity index (χ4v) is 3.10. The lowest BCUT2D eigenvalue weighted by Crippen LogP contribution is -2.30. The number of fused-ring (bicyclic) bond motifs is 1. The first-order valence-electron chi connectivity index (χ1n) is 8.82. The summed E-state index contributed by atoms with van der Waals surface area (Å²) in [4.78, 5) is 54.5. The molecule has 1 aliphatic rings. The van der Waals surface area contributed by atoms with Gasteiger partial charge in [0.25, 0.3) is 17.7 Å². The first-order valence-corrected chi connectivity index (χ1v) is 8.82. The molecule has 2 heterocycles. The second kappa shape index (κ2) is 7.12. The third-order valence-corrected chi connectivity index (χ3v) is 4.55. The highest BCUT2D eigenvalue weighted by Gasteiger charge is 2.37. The van der Waals surface area contributed by atoms with Gasteiger partial charge >= 0.3 is 0 Å². The molecule has 1 N–H and O–H groups in total. The maximum absolute atomic E-state index is 12.8. The van der Waals surface area contributed by atoms with E-state index in [-0.39, 0.29) is 28.3 Å². The number of carbonyl (C=O) groups is 4. The molecule has 0 bridgehead atoms.